The van der Waals surface area contributed by atoms with Crippen molar-refractivity contribution < 1.29 is 19.4 Å². The van der Waals surface area contributed by atoms with Crippen LogP contribution in [0.5, 0.6) is 0 Å². The van der Waals surface area contributed by atoms with E-state index in [0.29, 0.717) is 18.7 Å². The quantitative estimate of drug-likeness (QED) is 0.865. The maximum absolute atomic E-state index is 11.9. The minimum Gasteiger partial charge on any atom is -0.481 e. The number of carbonyl (C=O) groups is 2. The third-order valence-electron chi connectivity index (χ3n) is 3.47. The summed E-state index contributed by atoms with van der Waals surface area (Å²) in [4.78, 5) is 23.2. The molecule has 2 N–H and O–H groups in total. The van der Waals surface area contributed by atoms with Gasteiger partial charge in [-0.15, -0.1) is 0 Å². The first-order chi connectivity index (χ1) is 9.56. The Morgan fingerprint density at radius 1 is 1.40 bits per heavy atom. The second kappa shape index (κ2) is 6.52. The van der Waals surface area contributed by atoms with Gasteiger partial charge in [-0.1, -0.05) is 17.7 Å². The number of hydrogen-bond donors (Lipinski definition) is 2. The number of hydrogen-bond acceptors (Lipinski definition) is 3. The van der Waals surface area contributed by atoms with Gasteiger partial charge in [0, 0.05) is 18.7 Å². The molecular formula is C15H19NO4. The van der Waals surface area contributed by atoms with E-state index in [2.05, 4.69) is 5.32 Å². The lowest BCUT2D eigenvalue weighted by Crippen LogP contribution is -2.31. The molecule has 108 valence electrons. The molecule has 5 nitrogen and oxygen atoms in total. The molecular weight excluding hydrogens is 258 g/mol. The Bertz CT molecular complexity index is 477. The highest BCUT2D eigenvalue weighted by molar-refractivity contribution is 5.93. The van der Waals surface area contributed by atoms with Gasteiger partial charge in [0.15, 0.2) is 0 Å². The van der Waals surface area contributed by atoms with Gasteiger partial charge in [0.05, 0.1) is 12.0 Å². The Labute approximate surface area is 117 Å². The van der Waals surface area contributed by atoms with Gasteiger partial charge in [-0.2, -0.15) is 0 Å². The topological polar surface area (TPSA) is 75.6 Å². The molecule has 0 saturated carbocycles. The van der Waals surface area contributed by atoms with Crippen molar-refractivity contribution in [2.75, 3.05) is 11.9 Å². The van der Waals surface area contributed by atoms with Crippen LogP contribution >= 0.6 is 0 Å². The van der Waals surface area contributed by atoms with Gasteiger partial charge in [0.25, 0.3) is 0 Å². The Balaban J connectivity index is 1.94. The number of amides is 1. The summed E-state index contributed by atoms with van der Waals surface area (Å²) >= 11 is 0. The second-order valence-corrected chi connectivity index (χ2v) is 5.11. The van der Waals surface area contributed by atoms with Crippen molar-refractivity contribution in [3.05, 3.63) is 29.8 Å². The standard InChI is InChI=1S/C15H19NO4/c1-10-4-6-11(7-5-10)16-14(17)9-12(15(18)19)13-3-2-8-20-13/h4-7,12-13H,2-3,8-9H2,1H3,(H,16,17)(H,18,19)/t12-,13+/m0/s1. The summed E-state index contributed by atoms with van der Waals surface area (Å²) in [6.07, 6.45) is 1.15. The molecule has 1 amide bonds. The van der Waals surface area contributed by atoms with E-state index >= 15 is 0 Å². The number of nitrogens with one attached hydrogen (secondary N) is 1. The summed E-state index contributed by atoms with van der Waals surface area (Å²) in [5, 5.41) is 11.9. The molecule has 0 spiro atoms. The third-order valence-corrected chi connectivity index (χ3v) is 3.47. The van der Waals surface area contributed by atoms with Gasteiger partial charge in [0.1, 0.15) is 0 Å². The molecule has 20 heavy (non-hydrogen) atoms. The van der Waals surface area contributed by atoms with Crippen LogP contribution in [0.25, 0.3) is 0 Å². The predicted octanol–water partition coefficient (Wildman–Crippen LogP) is 2.20. The molecule has 1 aromatic carbocycles. The summed E-state index contributed by atoms with van der Waals surface area (Å²) in [5.41, 5.74) is 1.78. The lowest BCUT2D eigenvalue weighted by Gasteiger charge is -2.18. The second-order valence-electron chi connectivity index (χ2n) is 5.11. The monoisotopic (exact) mass is 277 g/mol. The van der Waals surface area contributed by atoms with E-state index < -0.39 is 11.9 Å². The van der Waals surface area contributed by atoms with Crippen molar-refractivity contribution in [1.82, 2.24) is 0 Å². The van der Waals surface area contributed by atoms with Crippen LogP contribution in [-0.4, -0.2) is 29.7 Å². The number of carboxylic acids is 1. The van der Waals surface area contributed by atoms with E-state index in [9.17, 15) is 14.7 Å². The van der Waals surface area contributed by atoms with E-state index in [1.165, 1.54) is 0 Å². The maximum atomic E-state index is 11.9. The average Bonchev–Trinajstić information content (AvgIpc) is 2.92. The molecule has 2 rings (SSSR count). The average molecular weight is 277 g/mol. The van der Waals surface area contributed by atoms with Crippen molar-refractivity contribution in [3.8, 4) is 0 Å². The largest absolute Gasteiger partial charge is 0.481 e. The fourth-order valence-corrected chi connectivity index (χ4v) is 2.35. The van der Waals surface area contributed by atoms with Crippen LogP contribution < -0.4 is 5.32 Å². The third kappa shape index (κ3) is 3.81. The van der Waals surface area contributed by atoms with E-state index in [0.717, 1.165) is 12.0 Å². The highest BCUT2D eigenvalue weighted by Crippen LogP contribution is 2.24. The van der Waals surface area contributed by atoms with Crippen LogP contribution in [0.3, 0.4) is 0 Å². The minimum atomic E-state index is -0.976. The molecule has 1 fully saturated rings. The predicted molar refractivity (Wildman–Crippen MR) is 74.5 cm³/mol. The van der Waals surface area contributed by atoms with Crippen molar-refractivity contribution in [1.29, 1.82) is 0 Å². The zero-order chi connectivity index (χ0) is 14.5. The molecule has 0 unspecified atom stereocenters. The van der Waals surface area contributed by atoms with Crippen molar-refractivity contribution in [2.45, 2.75) is 32.3 Å². The summed E-state index contributed by atoms with van der Waals surface area (Å²) in [6.45, 7) is 2.54. The molecule has 1 aliphatic heterocycles. The zero-order valence-electron chi connectivity index (χ0n) is 11.5. The molecule has 0 aromatic heterocycles. The number of aryl methyl sites for hydroxylation is 1. The smallest absolute Gasteiger partial charge is 0.309 e. The van der Waals surface area contributed by atoms with Crippen LogP contribution in [-0.2, 0) is 14.3 Å². The molecule has 0 radical (unpaired) electrons. The first-order valence-corrected chi connectivity index (χ1v) is 6.77. The molecule has 0 aliphatic carbocycles. The van der Waals surface area contributed by atoms with Gasteiger partial charge >= 0.3 is 5.97 Å². The van der Waals surface area contributed by atoms with Crippen molar-refractivity contribution >= 4 is 17.6 Å². The lowest BCUT2D eigenvalue weighted by atomic mass is 9.96. The fourth-order valence-electron chi connectivity index (χ4n) is 2.35. The summed E-state index contributed by atoms with van der Waals surface area (Å²) in [6, 6.07) is 7.39. The van der Waals surface area contributed by atoms with Crippen molar-refractivity contribution in [2.24, 2.45) is 5.92 Å². The van der Waals surface area contributed by atoms with Crippen LogP contribution in [0.15, 0.2) is 24.3 Å². The first kappa shape index (κ1) is 14.5. The molecule has 5 heteroatoms. The van der Waals surface area contributed by atoms with Gasteiger partial charge in [-0.25, -0.2) is 0 Å². The Kier molecular flexibility index (Phi) is 4.74. The summed E-state index contributed by atoms with van der Waals surface area (Å²) in [7, 11) is 0. The Morgan fingerprint density at radius 2 is 2.10 bits per heavy atom. The number of ether oxygens (including phenoxy) is 1. The molecule has 2 atom stereocenters. The number of rotatable bonds is 5. The minimum absolute atomic E-state index is 0.0616. The van der Waals surface area contributed by atoms with Crippen LogP contribution in [0.4, 0.5) is 5.69 Å². The molecule has 0 bridgehead atoms. The number of anilines is 1. The number of benzene rings is 1. The van der Waals surface area contributed by atoms with E-state index in [1.54, 1.807) is 12.1 Å². The number of carboxylic acid groups (broad SMARTS) is 1. The van der Waals surface area contributed by atoms with Crippen LogP contribution in [0.1, 0.15) is 24.8 Å². The Morgan fingerprint density at radius 3 is 2.65 bits per heavy atom. The van der Waals surface area contributed by atoms with Gasteiger partial charge in [-0.05, 0) is 31.9 Å². The van der Waals surface area contributed by atoms with E-state index in [1.807, 2.05) is 19.1 Å². The maximum Gasteiger partial charge on any atom is 0.309 e. The summed E-state index contributed by atoms with van der Waals surface area (Å²) < 4.78 is 5.38. The van der Waals surface area contributed by atoms with E-state index in [-0.39, 0.29) is 18.4 Å². The molecule has 1 aliphatic rings. The molecule has 1 heterocycles. The van der Waals surface area contributed by atoms with Gasteiger partial charge in [0.2, 0.25) is 5.91 Å². The van der Waals surface area contributed by atoms with E-state index in [4.69, 9.17) is 4.74 Å². The number of carbonyl (C=O) groups excluding carboxylic acids is 1. The molecule has 1 saturated heterocycles. The van der Waals surface area contributed by atoms with Gasteiger partial charge < -0.3 is 15.2 Å². The van der Waals surface area contributed by atoms with Gasteiger partial charge in [-0.3, -0.25) is 9.59 Å². The SMILES string of the molecule is Cc1ccc(NC(=O)C[C@H](C(=O)O)[C@H]2CCCO2)cc1. The highest BCUT2D eigenvalue weighted by Gasteiger charge is 2.33. The lowest BCUT2D eigenvalue weighted by molar-refractivity contribution is -0.148. The van der Waals surface area contributed by atoms with Crippen LogP contribution in [0.2, 0.25) is 0 Å². The first-order valence-electron chi connectivity index (χ1n) is 6.77. The summed E-state index contributed by atoms with van der Waals surface area (Å²) in [5.74, 6) is -2.05. The molecule has 1 aromatic rings. The fraction of sp³-hybridized carbons (Fsp3) is 0.467. The Hall–Kier alpha value is -1.88. The van der Waals surface area contributed by atoms with Crippen molar-refractivity contribution in [3.63, 3.8) is 0 Å². The zero-order valence-corrected chi connectivity index (χ0v) is 11.5. The highest BCUT2D eigenvalue weighted by atomic mass is 16.5. The number of aliphatic carboxylic acids is 1. The normalized spacial score (nSPS) is 19.6. The van der Waals surface area contributed by atoms with Crippen LogP contribution in [0, 0.1) is 12.8 Å².